The van der Waals surface area contributed by atoms with E-state index >= 15 is 0 Å². The minimum Gasteiger partial charge on any atom is -0.497 e. The Kier molecular flexibility index (Phi) is 12.4. The number of fused-ring (bicyclic) bond motifs is 3. The van der Waals surface area contributed by atoms with E-state index in [1.807, 2.05) is 91.0 Å². The van der Waals surface area contributed by atoms with Crippen LogP contribution in [0.4, 0.5) is 5.69 Å². The first-order chi connectivity index (χ1) is 29.0. The molecule has 0 bridgehead atoms. The number of hydrogen-bond donors (Lipinski definition) is 0. The number of ether oxygens (including phenoxy) is 4. The van der Waals surface area contributed by atoms with Gasteiger partial charge in [-0.25, -0.2) is 8.42 Å². The van der Waals surface area contributed by atoms with Crippen LogP contribution in [0.1, 0.15) is 60.4 Å². The van der Waals surface area contributed by atoms with Crippen LogP contribution in [0.5, 0.6) is 23.0 Å². The molecule has 0 aromatic heterocycles. The molecule has 1 saturated carbocycles. The molecule has 1 heterocycles. The molecular weight excluding hydrogens is 796 g/mol. The third-order valence-electron chi connectivity index (χ3n) is 12.5. The van der Waals surface area contributed by atoms with Crippen molar-refractivity contribution in [1.82, 2.24) is 4.31 Å². The quantitative estimate of drug-likeness (QED) is 0.103. The highest BCUT2D eigenvalue weighted by Gasteiger charge is 2.44. The molecule has 8 rings (SSSR count). The summed E-state index contributed by atoms with van der Waals surface area (Å²) in [6.07, 6.45) is 5.38. The van der Waals surface area contributed by atoms with Gasteiger partial charge in [0.2, 0.25) is 10.0 Å². The smallest absolute Gasteiger partial charge is 0.243 e. The number of carbonyl (C=O) groups excluding carboxylic acids is 1. The topological polar surface area (TPSA) is 94.6 Å². The van der Waals surface area contributed by atoms with Crippen molar-refractivity contribution >= 4 is 33.1 Å². The number of sulfonamides is 1. The SMILES string of the molecule is COc1ccc(CN(Cc2ccc(OC)cc2)S(=O)(=O)c2ccc3c(c2)N(C[C@@H]2CC[C@H]2COc2cccc(CC(C)=O)c2)C[C@@]2(CCCc4cc(Cl)ccc42)CO3)cc1. The Bertz CT molecular complexity index is 2370. The first-order valence-corrected chi connectivity index (χ1v) is 22.6. The van der Waals surface area contributed by atoms with Crippen LogP contribution in [0.25, 0.3) is 0 Å². The van der Waals surface area contributed by atoms with E-state index in [9.17, 15) is 13.2 Å². The number of nitrogens with zero attached hydrogens (tertiary/aromatic N) is 2. The van der Waals surface area contributed by atoms with Gasteiger partial charge < -0.3 is 23.8 Å². The van der Waals surface area contributed by atoms with Gasteiger partial charge in [0, 0.05) is 43.0 Å². The predicted octanol–water partition coefficient (Wildman–Crippen LogP) is 9.46. The van der Waals surface area contributed by atoms with Crippen LogP contribution in [0.3, 0.4) is 0 Å². The van der Waals surface area contributed by atoms with Gasteiger partial charge in [-0.2, -0.15) is 4.31 Å². The van der Waals surface area contributed by atoms with Crippen LogP contribution in [-0.2, 0) is 46.2 Å². The van der Waals surface area contributed by atoms with Crippen LogP contribution in [0.2, 0.25) is 5.02 Å². The average molecular weight is 849 g/mol. The van der Waals surface area contributed by atoms with Gasteiger partial charge in [0.15, 0.2) is 0 Å². The molecule has 9 nitrogen and oxygen atoms in total. The summed E-state index contributed by atoms with van der Waals surface area (Å²) in [7, 11) is -0.806. The second kappa shape index (κ2) is 17.9. The summed E-state index contributed by atoms with van der Waals surface area (Å²) in [4.78, 5) is 14.4. The Hall–Kier alpha value is -5.03. The maximum atomic E-state index is 15.0. The Balaban J connectivity index is 1.12. The van der Waals surface area contributed by atoms with Crippen molar-refractivity contribution in [2.75, 3.05) is 45.4 Å². The van der Waals surface area contributed by atoms with E-state index < -0.39 is 10.0 Å². The van der Waals surface area contributed by atoms with Crippen molar-refractivity contribution in [3.63, 3.8) is 0 Å². The van der Waals surface area contributed by atoms with Gasteiger partial charge in [0.25, 0.3) is 0 Å². The molecule has 3 aliphatic rings. The largest absolute Gasteiger partial charge is 0.497 e. The normalized spacial score (nSPS) is 19.7. The molecule has 1 aliphatic heterocycles. The molecule has 11 heteroatoms. The van der Waals surface area contributed by atoms with Gasteiger partial charge in [-0.05, 0) is 145 Å². The first-order valence-electron chi connectivity index (χ1n) is 20.8. The second-order valence-corrected chi connectivity index (χ2v) is 19.0. The molecule has 60 heavy (non-hydrogen) atoms. The fourth-order valence-electron chi connectivity index (χ4n) is 9.12. The van der Waals surface area contributed by atoms with Gasteiger partial charge in [-0.15, -0.1) is 0 Å². The third kappa shape index (κ3) is 9.16. The van der Waals surface area contributed by atoms with Gasteiger partial charge in [0.1, 0.15) is 28.8 Å². The van der Waals surface area contributed by atoms with E-state index in [0.717, 1.165) is 71.8 Å². The third-order valence-corrected chi connectivity index (χ3v) is 14.6. The number of aryl methyl sites for hydroxylation is 1. The highest BCUT2D eigenvalue weighted by Crippen LogP contribution is 2.47. The molecule has 0 saturated heterocycles. The maximum absolute atomic E-state index is 15.0. The highest BCUT2D eigenvalue weighted by atomic mass is 35.5. The summed E-state index contributed by atoms with van der Waals surface area (Å²) in [6.45, 7) is 4.38. The molecule has 3 atom stereocenters. The standard InChI is InChI=1S/C49H53ClN2O7S/c1-34(53)24-37-6-4-8-44(25-37)58-31-40-14-13-39(40)30-51-32-49(23-5-7-38-26-41(50)15-21-46(38)49)33-59-48-22-20-45(27-47(48)51)60(54,55)52(28-35-9-16-42(56-2)17-10-35)29-36-11-18-43(57-3)19-12-36/h4,6,8-12,15-22,25-27,39-40H,5,7,13-14,23-24,28-33H2,1-3H3/t39-,40-,49-/m0/s1. The molecule has 314 valence electrons. The maximum Gasteiger partial charge on any atom is 0.243 e. The lowest BCUT2D eigenvalue weighted by atomic mass is 9.69. The van der Waals surface area contributed by atoms with E-state index in [1.165, 1.54) is 15.4 Å². The zero-order valence-electron chi connectivity index (χ0n) is 34.6. The first kappa shape index (κ1) is 41.7. The zero-order chi connectivity index (χ0) is 41.9. The number of rotatable bonds is 15. The van der Waals surface area contributed by atoms with Crippen LogP contribution in [-0.4, -0.2) is 59.0 Å². The molecule has 0 amide bonds. The number of anilines is 1. The van der Waals surface area contributed by atoms with Crippen LogP contribution >= 0.6 is 11.6 Å². The summed E-state index contributed by atoms with van der Waals surface area (Å²) in [5, 5.41) is 0.730. The van der Waals surface area contributed by atoms with Crippen molar-refractivity contribution < 1.29 is 32.2 Å². The summed E-state index contributed by atoms with van der Waals surface area (Å²) in [5.41, 5.74) is 5.62. The van der Waals surface area contributed by atoms with Crippen molar-refractivity contribution in [2.45, 2.75) is 68.8 Å². The van der Waals surface area contributed by atoms with Crippen molar-refractivity contribution in [1.29, 1.82) is 0 Å². The molecule has 0 unspecified atom stereocenters. The van der Waals surface area contributed by atoms with E-state index in [2.05, 4.69) is 17.0 Å². The lowest BCUT2D eigenvalue weighted by Crippen LogP contribution is -2.49. The Morgan fingerprint density at radius 2 is 1.53 bits per heavy atom. The Morgan fingerprint density at radius 1 is 0.833 bits per heavy atom. The summed E-state index contributed by atoms with van der Waals surface area (Å²) in [5.74, 6) is 3.62. The molecule has 1 fully saturated rings. The van der Waals surface area contributed by atoms with E-state index in [1.54, 1.807) is 27.2 Å². The minimum atomic E-state index is -4.03. The van der Waals surface area contributed by atoms with Crippen molar-refractivity contribution in [3.05, 3.63) is 142 Å². The van der Waals surface area contributed by atoms with Crippen molar-refractivity contribution in [3.8, 4) is 23.0 Å². The summed E-state index contributed by atoms with van der Waals surface area (Å²) < 4.78 is 55.4. The number of halogens is 1. The van der Waals surface area contributed by atoms with Crippen molar-refractivity contribution in [2.24, 2.45) is 11.8 Å². The number of hydrogen-bond acceptors (Lipinski definition) is 8. The number of ketones is 1. The predicted molar refractivity (Wildman–Crippen MR) is 235 cm³/mol. The number of methoxy groups -OCH3 is 2. The molecule has 2 aliphatic carbocycles. The van der Waals surface area contributed by atoms with E-state index in [4.69, 9.17) is 30.5 Å². The Labute approximate surface area is 359 Å². The molecular formula is C49H53ClN2O7S. The lowest BCUT2D eigenvalue weighted by molar-refractivity contribution is -0.116. The van der Waals surface area contributed by atoms with Crippen LogP contribution in [0.15, 0.2) is 114 Å². The highest BCUT2D eigenvalue weighted by molar-refractivity contribution is 7.89. The molecule has 5 aromatic rings. The fraction of sp³-hybridized carbons (Fsp3) is 0.367. The van der Waals surface area contributed by atoms with E-state index in [-0.39, 0.29) is 29.2 Å². The van der Waals surface area contributed by atoms with E-state index in [0.29, 0.717) is 55.3 Å². The molecule has 0 N–H and O–H groups in total. The monoisotopic (exact) mass is 848 g/mol. The molecule has 5 aromatic carbocycles. The van der Waals surface area contributed by atoms with Gasteiger partial charge in [0.05, 0.1) is 38.0 Å². The Morgan fingerprint density at radius 3 is 2.18 bits per heavy atom. The summed E-state index contributed by atoms with van der Waals surface area (Å²) >= 11 is 6.53. The van der Waals surface area contributed by atoms with Gasteiger partial charge >= 0.3 is 0 Å². The molecule has 1 spiro atoms. The number of Topliss-reactive ketones (excluding diaryl/α,β-unsaturated/α-hetero) is 1. The minimum absolute atomic E-state index is 0.118. The average Bonchev–Trinajstić information content (AvgIpc) is 3.39. The van der Waals surface area contributed by atoms with Gasteiger partial charge in [-0.1, -0.05) is 54.1 Å². The lowest BCUT2D eigenvalue weighted by Gasteiger charge is -2.44. The fourth-order valence-corrected chi connectivity index (χ4v) is 10.7. The number of benzene rings is 5. The number of carbonyl (C=O) groups is 1. The summed E-state index contributed by atoms with van der Waals surface area (Å²) in [6, 6.07) is 34.4. The van der Waals surface area contributed by atoms with Crippen LogP contribution < -0.4 is 23.8 Å². The van der Waals surface area contributed by atoms with Gasteiger partial charge in [-0.3, -0.25) is 4.79 Å². The molecule has 0 radical (unpaired) electrons. The second-order valence-electron chi connectivity index (χ2n) is 16.6. The zero-order valence-corrected chi connectivity index (χ0v) is 36.1. The van der Waals surface area contributed by atoms with Crippen LogP contribution in [0, 0.1) is 11.8 Å².